The van der Waals surface area contributed by atoms with Gasteiger partial charge in [0.15, 0.2) is 0 Å². The Morgan fingerprint density at radius 2 is 1.38 bits per heavy atom. The average molecular weight is 454 g/mol. The molecule has 0 fully saturated rings. The van der Waals surface area contributed by atoms with E-state index in [9.17, 15) is 14.4 Å². The van der Waals surface area contributed by atoms with Gasteiger partial charge in [0.25, 0.3) is 6.47 Å². The SMILES string of the molecule is CCCCCCCCCCCCNC(=O)C(CC)CC(C)C(=O)CCCCCCOC=O. The van der Waals surface area contributed by atoms with Crippen LogP contribution < -0.4 is 5.32 Å². The van der Waals surface area contributed by atoms with E-state index >= 15 is 0 Å². The van der Waals surface area contributed by atoms with Crippen molar-refractivity contribution in [3.05, 3.63) is 0 Å². The first-order chi connectivity index (χ1) is 15.6. The molecule has 0 saturated heterocycles. The fraction of sp³-hybridized carbons (Fsp3) is 0.889. The molecule has 0 bridgehead atoms. The van der Waals surface area contributed by atoms with E-state index in [1.54, 1.807) is 0 Å². The molecule has 0 aromatic heterocycles. The summed E-state index contributed by atoms with van der Waals surface area (Å²) in [6.07, 6.45) is 18.6. The minimum atomic E-state index is -0.0717. The van der Waals surface area contributed by atoms with E-state index < -0.39 is 0 Å². The van der Waals surface area contributed by atoms with Crippen molar-refractivity contribution >= 4 is 18.2 Å². The maximum Gasteiger partial charge on any atom is 0.293 e. The number of nitrogens with one attached hydrogen (secondary N) is 1. The molecule has 0 aromatic carbocycles. The normalized spacial score (nSPS) is 12.8. The van der Waals surface area contributed by atoms with Crippen molar-refractivity contribution in [3.63, 3.8) is 0 Å². The van der Waals surface area contributed by atoms with Crippen LogP contribution in [0.2, 0.25) is 0 Å². The van der Waals surface area contributed by atoms with E-state index in [1.807, 2.05) is 13.8 Å². The van der Waals surface area contributed by atoms with Crippen LogP contribution in [-0.2, 0) is 19.1 Å². The fourth-order valence-electron chi connectivity index (χ4n) is 4.12. The Bertz CT molecular complexity index is 467. The quantitative estimate of drug-likeness (QED) is 0.129. The summed E-state index contributed by atoms with van der Waals surface area (Å²) in [7, 11) is 0. The zero-order chi connectivity index (χ0) is 23.9. The molecule has 5 nitrogen and oxygen atoms in total. The first-order valence-corrected chi connectivity index (χ1v) is 13.4. The minimum Gasteiger partial charge on any atom is -0.468 e. The molecule has 2 unspecified atom stereocenters. The molecule has 0 aliphatic rings. The number of amides is 1. The number of ether oxygens (including phenoxy) is 1. The van der Waals surface area contributed by atoms with Gasteiger partial charge in [0.05, 0.1) is 6.61 Å². The third kappa shape index (κ3) is 18.2. The summed E-state index contributed by atoms with van der Waals surface area (Å²) in [6, 6.07) is 0. The molecule has 188 valence electrons. The number of hydrogen-bond acceptors (Lipinski definition) is 4. The monoisotopic (exact) mass is 453 g/mol. The van der Waals surface area contributed by atoms with Crippen LogP contribution in [0.1, 0.15) is 130 Å². The van der Waals surface area contributed by atoms with Crippen LogP contribution >= 0.6 is 0 Å². The molecule has 0 aliphatic heterocycles. The first kappa shape index (κ1) is 30.6. The van der Waals surface area contributed by atoms with Gasteiger partial charge in [-0.2, -0.15) is 0 Å². The van der Waals surface area contributed by atoms with Crippen LogP contribution in [0.25, 0.3) is 0 Å². The fourth-order valence-corrected chi connectivity index (χ4v) is 4.12. The Morgan fingerprint density at radius 3 is 1.97 bits per heavy atom. The van der Waals surface area contributed by atoms with Gasteiger partial charge in [0.1, 0.15) is 5.78 Å². The van der Waals surface area contributed by atoms with E-state index in [1.165, 1.54) is 57.8 Å². The highest BCUT2D eigenvalue weighted by atomic mass is 16.5. The summed E-state index contributed by atoms with van der Waals surface area (Å²) in [5.74, 6) is 0.229. The van der Waals surface area contributed by atoms with Crippen LogP contribution in [0.4, 0.5) is 0 Å². The van der Waals surface area contributed by atoms with Gasteiger partial charge in [-0.15, -0.1) is 0 Å². The third-order valence-corrected chi connectivity index (χ3v) is 6.38. The van der Waals surface area contributed by atoms with Gasteiger partial charge < -0.3 is 10.1 Å². The van der Waals surface area contributed by atoms with E-state index in [0.717, 1.165) is 45.1 Å². The highest BCUT2D eigenvalue weighted by Crippen LogP contribution is 2.19. The van der Waals surface area contributed by atoms with Crippen LogP contribution in [0, 0.1) is 11.8 Å². The first-order valence-electron chi connectivity index (χ1n) is 13.4. The zero-order valence-corrected chi connectivity index (χ0v) is 21.3. The summed E-state index contributed by atoms with van der Waals surface area (Å²) < 4.78 is 4.66. The van der Waals surface area contributed by atoms with Crippen molar-refractivity contribution in [3.8, 4) is 0 Å². The van der Waals surface area contributed by atoms with E-state index in [2.05, 4.69) is 17.0 Å². The highest BCUT2D eigenvalue weighted by Gasteiger charge is 2.22. The molecular weight excluding hydrogens is 402 g/mol. The van der Waals surface area contributed by atoms with Crippen LogP contribution in [0.3, 0.4) is 0 Å². The number of ketones is 1. The number of carbonyl (C=O) groups is 3. The lowest BCUT2D eigenvalue weighted by Crippen LogP contribution is -2.33. The molecule has 2 atom stereocenters. The Kier molecular flexibility index (Phi) is 21.8. The molecule has 32 heavy (non-hydrogen) atoms. The number of unbranched alkanes of at least 4 members (excludes halogenated alkanes) is 12. The van der Waals surface area contributed by atoms with Gasteiger partial charge in [-0.1, -0.05) is 91.4 Å². The van der Waals surface area contributed by atoms with Gasteiger partial charge in [0.2, 0.25) is 5.91 Å². The second-order valence-corrected chi connectivity index (χ2v) is 9.31. The standard InChI is InChI=1S/C27H51NO4/c1-4-6-7-8-9-10-11-12-14-17-20-28-27(31)25(5-2)22-24(3)26(30)19-16-13-15-18-21-32-23-29/h23-25H,4-22H2,1-3H3,(H,28,31). The lowest BCUT2D eigenvalue weighted by Gasteiger charge is -2.19. The van der Waals surface area contributed by atoms with E-state index in [-0.39, 0.29) is 23.5 Å². The predicted molar refractivity (Wildman–Crippen MR) is 133 cm³/mol. The Hall–Kier alpha value is -1.39. The van der Waals surface area contributed by atoms with E-state index in [0.29, 0.717) is 25.9 Å². The van der Waals surface area contributed by atoms with Crippen molar-refractivity contribution in [1.82, 2.24) is 5.32 Å². The van der Waals surface area contributed by atoms with Crippen molar-refractivity contribution in [2.75, 3.05) is 13.2 Å². The second kappa shape index (κ2) is 22.8. The molecule has 0 rings (SSSR count). The van der Waals surface area contributed by atoms with Crippen molar-refractivity contribution in [2.45, 2.75) is 130 Å². The molecule has 0 saturated carbocycles. The Morgan fingerprint density at radius 1 is 0.812 bits per heavy atom. The van der Waals surface area contributed by atoms with Gasteiger partial charge in [-0.05, 0) is 32.1 Å². The van der Waals surface area contributed by atoms with Gasteiger partial charge in [-0.25, -0.2) is 0 Å². The van der Waals surface area contributed by atoms with Gasteiger partial charge in [0, 0.05) is 24.8 Å². The number of hydrogen-bond donors (Lipinski definition) is 1. The van der Waals surface area contributed by atoms with Crippen LogP contribution in [0.5, 0.6) is 0 Å². The average Bonchev–Trinajstić information content (AvgIpc) is 2.79. The molecule has 0 aromatic rings. The molecule has 0 radical (unpaired) electrons. The number of carbonyl (C=O) groups excluding carboxylic acids is 3. The Labute approximate surface area is 197 Å². The summed E-state index contributed by atoms with van der Waals surface area (Å²) in [4.78, 5) is 35.0. The molecule has 0 aliphatic carbocycles. The van der Waals surface area contributed by atoms with Gasteiger partial charge >= 0.3 is 0 Å². The zero-order valence-electron chi connectivity index (χ0n) is 21.3. The summed E-state index contributed by atoms with van der Waals surface area (Å²) in [6.45, 7) is 7.93. The van der Waals surface area contributed by atoms with Gasteiger partial charge in [-0.3, -0.25) is 14.4 Å². The number of Topliss-reactive ketones (excluding diaryl/α,β-unsaturated/α-hetero) is 1. The lowest BCUT2D eigenvalue weighted by molar-refractivity contribution is -0.129. The van der Waals surface area contributed by atoms with Crippen molar-refractivity contribution < 1.29 is 19.1 Å². The molecule has 0 heterocycles. The summed E-state index contributed by atoms with van der Waals surface area (Å²) in [5.41, 5.74) is 0. The lowest BCUT2D eigenvalue weighted by atomic mass is 9.88. The Balaban J connectivity index is 3.80. The summed E-state index contributed by atoms with van der Waals surface area (Å²) in [5, 5.41) is 3.09. The largest absolute Gasteiger partial charge is 0.468 e. The molecule has 1 N–H and O–H groups in total. The molecular formula is C27H51NO4. The smallest absolute Gasteiger partial charge is 0.293 e. The van der Waals surface area contributed by atoms with Crippen molar-refractivity contribution in [2.24, 2.45) is 11.8 Å². The highest BCUT2D eigenvalue weighted by molar-refractivity contribution is 5.83. The third-order valence-electron chi connectivity index (χ3n) is 6.38. The summed E-state index contributed by atoms with van der Waals surface area (Å²) >= 11 is 0. The second-order valence-electron chi connectivity index (χ2n) is 9.31. The molecule has 5 heteroatoms. The molecule has 0 spiro atoms. The van der Waals surface area contributed by atoms with Crippen LogP contribution in [0.15, 0.2) is 0 Å². The number of rotatable bonds is 24. The maximum atomic E-state index is 12.5. The van der Waals surface area contributed by atoms with Crippen LogP contribution in [-0.4, -0.2) is 31.3 Å². The van der Waals surface area contributed by atoms with E-state index in [4.69, 9.17) is 0 Å². The van der Waals surface area contributed by atoms with Crippen molar-refractivity contribution in [1.29, 1.82) is 0 Å². The molecule has 1 amide bonds. The predicted octanol–water partition coefficient (Wildman–Crippen LogP) is 6.77. The topological polar surface area (TPSA) is 72.5 Å². The minimum absolute atomic E-state index is 0.0681. The maximum absolute atomic E-state index is 12.5.